The van der Waals surface area contributed by atoms with Gasteiger partial charge in [-0.2, -0.15) is 0 Å². The highest BCUT2D eigenvalue weighted by Crippen LogP contribution is 2.31. The SMILES string of the molecule is CCC(C(=O)[O-])(c1cc(C)ccn1)N1CCN(C)CC1. The van der Waals surface area contributed by atoms with Gasteiger partial charge >= 0.3 is 0 Å². The predicted molar refractivity (Wildman–Crippen MR) is 75.0 cm³/mol. The summed E-state index contributed by atoms with van der Waals surface area (Å²) in [4.78, 5) is 20.5. The van der Waals surface area contributed by atoms with E-state index in [9.17, 15) is 9.90 Å². The number of carbonyl (C=O) groups excluding carboxylic acids is 1. The van der Waals surface area contributed by atoms with E-state index in [2.05, 4.69) is 16.9 Å². The van der Waals surface area contributed by atoms with Crippen molar-refractivity contribution in [3.63, 3.8) is 0 Å². The lowest BCUT2D eigenvalue weighted by molar-refractivity contribution is -0.321. The molecule has 0 bridgehead atoms. The van der Waals surface area contributed by atoms with Gasteiger partial charge in [-0.25, -0.2) is 0 Å². The van der Waals surface area contributed by atoms with Crippen LogP contribution >= 0.6 is 0 Å². The van der Waals surface area contributed by atoms with E-state index in [-0.39, 0.29) is 0 Å². The highest BCUT2D eigenvalue weighted by atomic mass is 16.4. The minimum atomic E-state index is -1.12. The molecule has 5 heteroatoms. The van der Waals surface area contributed by atoms with E-state index < -0.39 is 11.5 Å². The molecule has 1 saturated heterocycles. The van der Waals surface area contributed by atoms with Crippen LogP contribution in [-0.2, 0) is 10.3 Å². The third-order valence-corrected chi connectivity index (χ3v) is 4.23. The zero-order chi connectivity index (χ0) is 14.8. The van der Waals surface area contributed by atoms with Gasteiger partial charge in [-0.1, -0.05) is 6.92 Å². The van der Waals surface area contributed by atoms with Gasteiger partial charge in [0.1, 0.15) is 5.54 Å². The Morgan fingerprint density at radius 1 is 1.40 bits per heavy atom. The summed E-state index contributed by atoms with van der Waals surface area (Å²) < 4.78 is 0. The van der Waals surface area contributed by atoms with E-state index >= 15 is 0 Å². The van der Waals surface area contributed by atoms with Gasteiger partial charge in [-0.05, 0) is 38.1 Å². The van der Waals surface area contributed by atoms with E-state index in [4.69, 9.17) is 0 Å². The summed E-state index contributed by atoms with van der Waals surface area (Å²) in [6, 6.07) is 3.74. The number of carboxylic acid groups (broad SMARTS) is 1. The lowest BCUT2D eigenvalue weighted by atomic mass is 9.88. The number of likely N-dealkylation sites (N-methyl/N-ethyl adjacent to an activating group) is 1. The number of aryl methyl sites for hydroxylation is 1. The summed E-state index contributed by atoms with van der Waals surface area (Å²) in [6.45, 7) is 6.99. The number of piperazine rings is 1. The second-order valence-corrected chi connectivity index (χ2v) is 5.51. The minimum Gasteiger partial charge on any atom is -0.548 e. The van der Waals surface area contributed by atoms with Crippen molar-refractivity contribution in [3.8, 4) is 0 Å². The highest BCUT2D eigenvalue weighted by Gasteiger charge is 2.40. The smallest absolute Gasteiger partial charge is 0.103 e. The molecule has 0 aliphatic carbocycles. The fraction of sp³-hybridized carbons (Fsp3) is 0.600. The van der Waals surface area contributed by atoms with Crippen LogP contribution in [0.1, 0.15) is 24.6 Å². The molecule has 110 valence electrons. The fourth-order valence-corrected chi connectivity index (χ4v) is 2.90. The standard InChI is InChI=1S/C15H23N3O2/c1-4-15(14(19)20,13-11-12(2)5-6-16-13)18-9-7-17(3)8-10-18/h5-6,11H,4,7-10H2,1-3H3,(H,19,20)/p-1. The summed E-state index contributed by atoms with van der Waals surface area (Å²) in [5, 5.41) is 11.9. The van der Waals surface area contributed by atoms with Gasteiger partial charge in [-0.15, -0.1) is 0 Å². The molecule has 1 aromatic rings. The Hall–Kier alpha value is -1.46. The number of aromatic nitrogens is 1. The van der Waals surface area contributed by atoms with Crippen molar-refractivity contribution in [1.29, 1.82) is 0 Å². The molecular weight excluding hydrogens is 254 g/mol. The Morgan fingerprint density at radius 2 is 2.05 bits per heavy atom. The van der Waals surface area contributed by atoms with Crippen molar-refractivity contribution in [2.75, 3.05) is 33.2 Å². The zero-order valence-electron chi connectivity index (χ0n) is 12.4. The molecule has 1 aliphatic heterocycles. The predicted octanol–water partition coefficient (Wildman–Crippen LogP) is -0.00738. The van der Waals surface area contributed by atoms with E-state index in [1.54, 1.807) is 6.20 Å². The van der Waals surface area contributed by atoms with Crippen LogP contribution in [0.3, 0.4) is 0 Å². The molecule has 0 radical (unpaired) electrons. The Bertz CT molecular complexity index is 484. The first-order chi connectivity index (χ1) is 9.50. The molecule has 0 N–H and O–H groups in total. The van der Waals surface area contributed by atoms with E-state index in [0.29, 0.717) is 25.2 Å². The molecule has 0 amide bonds. The number of hydrogen-bond acceptors (Lipinski definition) is 5. The van der Waals surface area contributed by atoms with Crippen LogP contribution in [0.15, 0.2) is 18.3 Å². The van der Waals surface area contributed by atoms with Crippen LogP contribution in [0, 0.1) is 6.92 Å². The van der Waals surface area contributed by atoms with Crippen LogP contribution in [-0.4, -0.2) is 54.0 Å². The summed E-state index contributed by atoms with van der Waals surface area (Å²) in [7, 11) is 2.05. The van der Waals surface area contributed by atoms with Crippen LogP contribution in [0.2, 0.25) is 0 Å². The molecule has 2 heterocycles. The van der Waals surface area contributed by atoms with Gasteiger partial charge in [0, 0.05) is 32.4 Å². The molecule has 0 saturated carbocycles. The van der Waals surface area contributed by atoms with Crippen LogP contribution in [0.4, 0.5) is 0 Å². The molecule has 1 aromatic heterocycles. The van der Waals surface area contributed by atoms with Crippen LogP contribution in [0.25, 0.3) is 0 Å². The van der Waals surface area contributed by atoms with Crippen molar-refractivity contribution < 1.29 is 9.90 Å². The minimum absolute atomic E-state index is 0.454. The molecule has 1 atom stereocenters. The molecule has 1 aliphatic rings. The first-order valence-electron chi connectivity index (χ1n) is 7.09. The number of aliphatic carboxylic acids is 1. The number of hydrogen-bond donors (Lipinski definition) is 0. The van der Waals surface area contributed by atoms with Gasteiger partial charge in [0.25, 0.3) is 0 Å². The molecular formula is C15H22N3O2-. The lowest BCUT2D eigenvalue weighted by Crippen LogP contribution is -2.62. The van der Waals surface area contributed by atoms with E-state index in [1.807, 2.05) is 30.9 Å². The zero-order valence-corrected chi connectivity index (χ0v) is 12.4. The monoisotopic (exact) mass is 276 g/mol. The second kappa shape index (κ2) is 5.89. The number of carboxylic acids is 1. The molecule has 5 nitrogen and oxygen atoms in total. The van der Waals surface area contributed by atoms with Crippen molar-refractivity contribution in [1.82, 2.24) is 14.8 Å². The van der Waals surface area contributed by atoms with Gasteiger partial charge in [0.2, 0.25) is 0 Å². The Kier molecular flexibility index (Phi) is 4.40. The van der Waals surface area contributed by atoms with Crippen molar-refractivity contribution in [2.45, 2.75) is 25.8 Å². The number of pyridine rings is 1. The highest BCUT2D eigenvalue weighted by molar-refractivity contribution is 5.78. The normalized spacial score (nSPS) is 20.6. The first-order valence-corrected chi connectivity index (χ1v) is 7.09. The van der Waals surface area contributed by atoms with Gasteiger partial charge in [0.05, 0.1) is 11.7 Å². The maximum Gasteiger partial charge on any atom is 0.103 e. The van der Waals surface area contributed by atoms with Crippen molar-refractivity contribution >= 4 is 5.97 Å². The van der Waals surface area contributed by atoms with Crippen molar-refractivity contribution in [2.24, 2.45) is 0 Å². The topological polar surface area (TPSA) is 59.5 Å². The summed E-state index contributed by atoms with van der Waals surface area (Å²) in [6.07, 6.45) is 2.13. The van der Waals surface area contributed by atoms with Crippen molar-refractivity contribution in [3.05, 3.63) is 29.6 Å². The molecule has 20 heavy (non-hydrogen) atoms. The third kappa shape index (κ3) is 2.55. The quantitative estimate of drug-likeness (QED) is 0.774. The Labute approximate surface area is 120 Å². The second-order valence-electron chi connectivity index (χ2n) is 5.51. The summed E-state index contributed by atoms with van der Waals surface area (Å²) in [5.74, 6) is -1.05. The fourth-order valence-electron chi connectivity index (χ4n) is 2.90. The van der Waals surface area contributed by atoms with Gasteiger partial charge in [-0.3, -0.25) is 9.88 Å². The van der Waals surface area contributed by atoms with Gasteiger partial charge < -0.3 is 14.8 Å². The molecule has 0 aromatic carbocycles. The molecule has 0 spiro atoms. The van der Waals surface area contributed by atoms with E-state index in [0.717, 1.165) is 18.7 Å². The number of rotatable bonds is 4. The lowest BCUT2D eigenvalue weighted by Gasteiger charge is -2.47. The van der Waals surface area contributed by atoms with Crippen LogP contribution in [0.5, 0.6) is 0 Å². The summed E-state index contributed by atoms with van der Waals surface area (Å²) >= 11 is 0. The summed E-state index contributed by atoms with van der Waals surface area (Å²) in [5.41, 5.74) is 0.487. The maximum atomic E-state index is 11.9. The van der Waals surface area contributed by atoms with E-state index in [1.165, 1.54) is 0 Å². The average molecular weight is 276 g/mol. The number of carbonyl (C=O) groups is 1. The molecule has 2 rings (SSSR count). The average Bonchev–Trinajstić information content (AvgIpc) is 2.42. The third-order valence-electron chi connectivity index (χ3n) is 4.23. The van der Waals surface area contributed by atoms with Gasteiger partial charge in [0.15, 0.2) is 0 Å². The first kappa shape index (κ1) is 14.9. The molecule has 1 unspecified atom stereocenters. The Morgan fingerprint density at radius 3 is 2.55 bits per heavy atom. The number of nitrogens with zero attached hydrogens (tertiary/aromatic N) is 3. The Balaban J connectivity index is 2.42. The largest absolute Gasteiger partial charge is 0.548 e. The molecule has 1 fully saturated rings. The maximum absolute atomic E-state index is 11.9. The van der Waals surface area contributed by atoms with Crippen LogP contribution < -0.4 is 5.11 Å².